The minimum absolute atomic E-state index is 0.176. The normalized spacial score (nSPS) is 14.9. The van der Waals surface area contributed by atoms with Crippen LogP contribution in [-0.2, 0) is 19.7 Å². The fourth-order valence-corrected chi connectivity index (χ4v) is 4.80. The first-order chi connectivity index (χ1) is 15.8. The van der Waals surface area contributed by atoms with Gasteiger partial charge in [0.05, 0.1) is 24.8 Å². The van der Waals surface area contributed by atoms with Gasteiger partial charge in [0.15, 0.2) is 18.1 Å². The van der Waals surface area contributed by atoms with E-state index in [0.717, 1.165) is 5.56 Å². The lowest BCUT2D eigenvalue weighted by molar-refractivity contribution is -0.137. The zero-order valence-electron chi connectivity index (χ0n) is 18.4. The van der Waals surface area contributed by atoms with Gasteiger partial charge in [0.25, 0.3) is 5.91 Å². The minimum atomic E-state index is -3.63. The van der Waals surface area contributed by atoms with Crippen LogP contribution in [0.4, 0.5) is 0 Å². The highest BCUT2D eigenvalue weighted by Gasteiger charge is 2.30. The summed E-state index contributed by atoms with van der Waals surface area (Å²) in [5.74, 6) is 0.939. The van der Waals surface area contributed by atoms with Gasteiger partial charge in [-0.15, -0.1) is 0 Å². The van der Waals surface area contributed by atoms with Gasteiger partial charge in [-0.3, -0.25) is 4.79 Å². The zero-order valence-corrected chi connectivity index (χ0v) is 20.0. The molecular formula is C22H26ClN3O6S. The first kappa shape index (κ1) is 24.8. The second-order valence-corrected chi connectivity index (χ2v) is 9.46. The van der Waals surface area contributed by atoms with Crippen LogP contribution in [0.3, 0.4) is 0 Å². The number of hydrogen-bond donors (Lipinski definition) is 0. The van der Waals surface area contributed by atoms with Gasteiger partial charge in [-0.05, 0) is 49.4 Å². The summed E-state index contributed by atoms with van der Waals surface area (Å²) < 4.78 is 37.6. The van der Waals surface area contributed by atoms with Crippen molar-refractivity contribution in [3.05, 3.63) is 53.1 Å². The molecule has 0 radical (unpaired) electrons. The Balaban J connectivity index is 1.48. The first-order valence-corrected chi connectivity index (χ1v) is 12.2. The molecule has 178 valence electrons. The van der Waals surface area contributed by atoms with Crippen molar-refractivity contribution in [1.29, 1.82) is 0 Å². The topological polar surface area (TPSA) is 97.7 Å². The van der Waals surface area contributed by atoms with Crippen LogP contribution in [0.15, 0.2) is 52.5 Å². The molecule has 2 aromatic carbocycles. The number of methoxy groups -OCH3 is 1. The maximum Gasteiger partial charge on any atom is 0.263 e. The zero-order chi connectivity index (χ0) is 23.8. The van der Waals surface area contributed by atoms with Gasteiger partial charge in [-0.25, -0.2) is 8.42 Å². The lowest BCUT2D eigenvalue weighted by Gasteiger charge is -2.33. The van der Waals surface area contributed by atoms with E-state index in [2.05, 4.69) is 5.16 Å². The number of hydrogen-bond acceptors (Lipinski definition) is 7. The molecule has 1 fully saturated rings. The van der Waals surface area contributed by atoms with Crippen LogP contribution in [0.2, 0.25) is 5.02 Å². The second-order valence-electron chi connectivity index (χ2n) is 7.09. The Kier molecular flexibility index (Phi) is 8.54. The summed E-state index contributed by atoms with van der Waals surface area (Å²) in [4.78, 5) is 19.3. The van der Waals surface area contributed by atoms with Crippen molar-refractivity contribution >= 4 is 33.7 Å². The molecule has 2 aromatic rings. The summed E-state index contributed by atoms with van der Waals surface area (Å²) in [7, 11) is -2.08. The number of carbonyl (C=O) groups is 1. The largest absolute Gasteiger partial charge is 0.493 e. The molecule has 0 spiro atoms. The van der Waals surface area contributed by atoms with E-state index in [1.807, 2.05) is 6.92 Å². The highest BCUT2D eigenvalue weighted by atomic mass is 35.5. The standard InChI is InChI=1S/C22H26ClN3O6S/c1-3-31-20-9-4-17(14-21(20)30-2)15-24-32-16-22(27)25-10-12-26(13-11-25)33(28,29)19-7-5-18(23)6-8-19/h4-9,14-15H,3,10-13,16H2,1-2H3/b24-15+. The molecular weight excluding hydrogens is 470 g/mol. The molecule has 3 rings (SSSR count). The molecule has 1 saturated heterocycles. The summed E-state index contributed by atoms with van der Waals surface area (Å²) in [5.41, 5.74) is 0.726. The number of benzene rings is 2. The summed E-state index contributed by atoms with van der Waals surface area (Å²) in [6.07, 6.45) is 1.47. The van der Waals surface area contributed by atoms with Crippen molar-refractivity contribution in [3.8, 4) is 11.5 Å². The third kappa shape index (κ3) is 6.37. The smallest absolute Gasteiger partial charge is 0.263 e. The monoisotopic (exact) mass is 495 g/mol. The van der Waals surface area contributed by atoms with Crippen molar-refractivity contribution in [2.24, 2.45) is 5.16 Å². The second kappa shape index (κ2) is 11.4. The molecule has 9 nitrogen and oxygen atoms in total. The minimum Gasteiger partial charge on any atom is -0.493 e. The van der Waals surface area contributed by atoms with Crippen molar-refractivity contribution in [3.63, 3.8) is 0 Å². The molecule has 1 aliphatic rings. The molecule has 1 amide bonds. The summed E-state index contributed by atoms with van der Waals surface area (Å²) >= 11 is 5.83. The van der Waals surface area contributed by atoms with Crippen LogP contribution in [0.25, 0.3) is 0 Å². The molecule has 1 heterocycles. The number of oxime groups is 1. The number of carbonyl (C=O) groups excluding carboxylic acids is 1. The molecule has 0 aliphatic carbocycles. The van der Waals surface area contributed by atoms with Gasteiger partial charge >= 0.3 is 0 Å². The van der Waals surface area contributed by atoms with Crippen LogP contribution >= 0.6 is 11.6 Å². The number of nitrogens with zero attached hydrogens (tertiary/aromatic N) is 3. The molecule has 33 heavy (non-hydrogen) atoms. The van der Waals surface area contributed by atoms with Crippen molar-refractivity contribution in [2.75, 3.05) is 46.5 Å². The van der Waals surface area contributed by atoms with E-state index in [4.69, 9.17) is 25.9 Å². The highest BCUT2D eigenvalue weighted by molar-refractivity contribution is 7.89. The molecule has 0 bridgehead atoms. The average molecular weight is 496 g/mol. The van der Waals surface area contributed by atoms with Crippen LogP contribution in [0.1, 0.15) is 12.5 Å². The Bertz CT molecular complexity index is 1080. The number of sulfonamides is 1. The van der Waals surface area contributed by atoms with E-state index in [9.17, 15) is 13.2 Å². The van der Waals surface area contributed by atoms with Crippen molar-refractivity contribution in [2.45, 2.75) is 11.8 Å². The van der Waals surface area contributed by atoms with E-state index in [-0.39, 0.29) is 43.6 Å². The number of rotatable bonds is 9. The number of halogens is 1. The SMILES string of the molecule is CCOc1ccc(/C=N/OCC(=O)N2CCN(S(=O)(=O)c3ccc(Cl)cc3)CC2)cc1OC. The molecule has 0 saturated carbocycles. The predicted molar refractivity (Wildman–Crippen MR) is 124 cm³/mol. The van der Waals surface area contributed by atoms with E-state index in [1.54, 1.807) is 30.2 Å². The molecule has 0 aromatic heterocycles. The quantitative estimate of drug-likeness (QED) is 0.392. The lowest BCUT2D eigenvalue weighted by Crippen LogP contribution is -2.51. The lowest BCUT2D eigenvalue weighted by atomic mass is 10.2. The molecule has 11 heteroatoms. The van der Waals surface area contributed by atoms with Gasteiger partial charge in [-0.2, -0.15) is 4.31 Å². The van der Waals surface area contributed by atoms with Crippen LogP contribution in [-0.4, -0.2) is 76.2 Å². The Labute approximate surface area is 198 Å². The third-order valence-electron chi connectivity index (χ3n) is 4.99. The molecule has 0 unspecified atom stereocenters. The molecule has 0 N–H and O–H groups in total. The van der Waals surface area contributed by atoms with Gasteiger partial charge in [0, 0.05) is 36.8 Å². The van der Waals surface area contributed by atoms with Gasteiger partial charge in [0.1, 0.15) is 0 Å². The van der Waals surface area contributed by atoms with Crippen LogP contribution < -0.4 is 9.47 Å². The number of ether oxygens (including phenoxy) is 2. The summed E-state index contributed by atoms with van der Waals surface area (Å²) in [6.45, 7) is 3.12. The van der Waals surface area contributed by atoms with E-state index >= 15 is 0 Å². The molecule has 1 aliphatic heterocycles. The van der Waals surface area contributed by atoms with E-state index < -0.39 is 10.0 Å². The highest BCUT2D eigenvalue weighted by Crippen LogP contribution is 2.27. The Hall–Kier alpha value is -2.82. The van der Waals surface area contributed by atoms with Crippen molar-refractivity contribution in [1.82, 2.24) is 9.21 Å². The van der Waals surface area contributed by atoms with Gasteiger partial charge in [-0.1, -0.05) is 16.8 Å². The van der Waals surface area contributed by atoms with Crippen LogP contribution in [0, 0.1) is 0 Å². The Morgan fingerprint density at radius 1 is 1.09 bits per heavy atom. The third-order valence-corrected chi connectivity index (χ3v) is 7.16. The van der Waals surface area contributed by atoms with Crippen LogP contribution in [0.5, 0.6) is 11.5 Å². The fraction of sp³-hybridized carbons (Fsp3) is 0.364. The summed E-state index contributed by atoms with van der Waals surface area (Å²) in [6, 6.07) is 11.3. The number of amides is 1. The Morgan fingerprint density at radius 3 is 2.42 bits per heavy atom. The van der Waals surface area contributed by atoms with Crippen molar-refractivity contribution < 1.29 is 27.5 Å². The Morgan fingerprint density at radius 2 is 1.79 bits per heavy atom. The summed E-state index contributed by atoms with van der Waals surface area (Å²) in [5, 5.41) is 4.31. The average Bonchev–Trinajstić information content (AvgIpc) is 2.83. The molecule has 0 atom stereocenters. The fourth-order valence-electron chi connectivity index (χ4n) is 3.25. The van der Waals surface area contributed by atoms with E-state index in [0.29, 0.717) is 23.1 Å². The van der Waals surface area contributed by atoms with Gasteiger partial charge < -0.3 is 19.2 Å². The maximum absolute atomic E-state index is 12.7. The van der Waals surface area contributed by atoms with Gasteiger partial charge in [0.2, 0.25) is 10.0 Å². The predicted octanol–water partition coefficient (Wildman–Crippen LogP) is 2.63. The first-order valence-electron chi connectivity index (χ1n) is 10.3. The maximum atomic E-state index is 12.7. The van der Waals surface area contributed by atoms with E-state index in [1.165, 1.54) is 34.8 Å². The number of piperazine rings is 1.